The lowest BCUT2D eigenvalue weighted by atomic mass is 9.59. The molecule has 0 bridgehead atoms. The monoisotopic (exact) mass is 493 g/mol. The number of nitro groups is 1. The van der Waals surface area contributed by atoms with Gasteiger partial charge in [-0.05, 0) is 58.9 Å². The summed E-state index contributed by atoms with van der Waals surface area (Å²) in [5.41, 5.74) is 2.12. The molecule has 1 fully saturated rings. The first-order valence-electron chi connectivity index (χ1n) is 11.1. The van der Waals surface area contributed by atoms with Gasteiger partial charge in [0, 0.05) is 36.1 Å². The largest absolute Gasteiger partial charge is 0.398 e. The number of rotatable bonds is 5. The average Bonchev–Trinajstić information content (AvgIpc) is 3.27. The van der Waals surface area contributed by atoms with E-state index in [1.807, 2.05) is 0 Å². The first kappa shape index (κ1) is 23.3. The Morgan fingerprint density at radius 1 is 1.25 bits per heavy atom. The molecule has 184 valence electrons. The number of hydrogen-bond acceptors (Lipinski definition) is 5. The van der Waals surface area contributed by atoms with Crippen LogP contribution in [0.3, 0.4) is 0 Å². The zero-order valence-corrected chi connectivity index (χ0v) is 19.2. The molecular weight excluding hydrogens is 472 g/mol. The van der Waals surface area contributed by atoms with E-state index < -0.39 is 40.8 Å². The minimum absolute atomic E-state index is 0.0851. The third-order valence-electron chi connectivity index (χ3n) is 6.72. The molecule has 1 aromatic heterocycles. The third-order valence-corrected chi connectivity index (χ3v) is 6.72. The van der Waals surface area contributed by atoms with Gasteiger partial charge in [0.05, 0.1) is 17.0 Å². The number of hydrogen-bond donors (Lipinski definition) is 2. The molecule has 2 aromatic carbocycles. The van der Waals surface area contributed by atoms with Crippen LogP contribution >= 0.6 is 0 Å². The van der Waals surface area contributed by atoms with Gasteiger partial charge in [0.25, 0.3) is 5.91 Å². The summed E-state index contributed by atoms with van der Waals surface area (Å²) in [6.45, 7) is 5.31. The van der Waals surface area contributed by atoms with E-state index in [0.29, 0.717) is 22.5 Å². The van der Waals surface area contributed by atoms with Gasteiger partial charge in [-0.2, -0.15) is 0 Å². The highest BCUT2D eigenvalue weighted by Gasteiger charge is 2.59. The molecule has 11 heteroatoms. The molecule has 0 saturated heterocycles. The number of aryl methyl sites for hydroxylation is 1. The van der Waals surface area contributed by atoms with Crippen LogP contribution in [0.5, 0.6) is 0 Å². The van der Waals surface area contributed by atoms with Crippen LogP contribution in [0.15, 0.2) is 55.3 Å². The lowest BCUT2D eigenvalue weighted by molar-refractivity contribution is -0.389. The number of nitrogens with one attached hydrogen (secondary N) is 2. The molecule has 2 aliphatic rings. The van der Waals surface area contributed by atoms with Crippen molar-refractivity contribution in [3.63, 3.8) is 0 Å². The second-order valence-corrected chi connectivity index (χ2v) is 9.19. The molecule has 3 aromatic rings. The van der Waals surface area contributed by atoms with Gasteiger partial charge < -0.3 is 20.7 Å². The summed E-state index contributed by atoms with van der Waals surface area (Å²) >= 11 is 0. The Morgan fingerprint density at radius 3 is 2.67 bits per heavy atom. The van der Waals surface area contributed by atoms with E-state index in [-0.39, 0.29) is 23.6 Å². The van der Waals surface area contributed by atoms with Gasteiger partial charge in [0.15, 0.2) is 0 Å². The number of benzene rings is 2. The topological polar surface area (TPSA) is 119 Å². The first-order valence-corrected chi connectivity index (χ1v) is 11.1. The second-order valence-electron chi connectivity index (χ2n) is 9.19. The lowest BCUT2D eigenvalue weighted by Crippen LogP contribution is -2.58. The van der Waals surface area contributed by atoms with Gasteiger partial charge in [0.2, 0.25) is 11.8 Å². The Balaban J connectivity index is 1.59. The van der Waals surface area contributed by atoms with E-state index in [4.69, 9.17) is 0 Å². The summed E-state index contributed by atoms with van der Waals surface area (Å²) in [6, 6.07) is 9.70. The molecule has 5 rings (SSSR count). The normalized spacial score (nSPS) is 17.0. The van der Waals surface area contributed by atoms with Crippen LogP contribution in [0.1, 0.15) is 34.3 Å². The number of aromatic nitrogens is 2. The number of carbonyl (C=O) groups excluding carboxylic acids is 2. The van der Waals surface area contributed by atoms with Crippen molar-refractivity contribution in [2.24, 2.45) is 0 Å². The number of amides is 2. The Labute approximate surface area is 204 Å². The molecule has 9 nitrogen and oxygen atoms in total. The second kappa shape index (κ2) is 8.08. The van der Waals surface area contributed by atoms with Crippen LogP contribution in [0, 0.1) is 17.0 Å². The third kappa shape index (κ3) is 3.82. The minimum Gasteiger partial charge on any atom is -0.358 e. The van der Waals surface area contributed by atoms with Crippen molar-refractivity contribution < 1.29 is 23.3 Å². The van der Waals surface area contributed by atoms with Crippen LogP contribution in [0.2, 0.25) is 0 Å². The highest BCUT2D eigenvalue weighted by atomic mass is 19.3. The fourth-order valence-electron chi connectivity index (χ4n) is 4.95. The fraction of sp³-hybridized carbons (Fsp3) is 0.240. The van der Waals surface area contributed by atoms with E-state index in [1.165, 1.54) is 16.9 Å². The zero-order chi connectivity index (χ0) is 25.8. The summed E-state index contributed by atoms with van der Waals surface area (Å²) in [4.78, 5) is 35.4. The van der Waals surface area contributed by atoms with Crippen molar-refractivity contribution in [2.45, 2.75) is 31.1 Å². The van der Waals surface area contributed by atoms with E-state index in [2.05, 4.69) is 22.3 Å². The highest BCUT2D eigenvalue weighted by Crippen LogP contribution is 2.55. The van der Waals surface area contributed by atoms with Crippen molar-refractivity contribution in [1.82, 2.24) is 15.1 Å². The average molecular weight is 493 g/mol. The number of halogens is 2. The fourth-order valence-corrected chi connectivity index (χ4v) is 4.95. The molecule has 2 N–H and O–H groups in total. The van der Waals surface area contributed by atoms with Gasteiger partial charge >= 0.3 is 5.82 Å². The Kier molecular flexibility index (Phi) is 5.24. The highest BCUT2D eigenvalue weighted by molar-refractivity contribution is 6.00. The Hall–Kier alpha value is -4.41. The number of carbonyl (C=O) groups is 2. The van der Waals surface area contributed by atoms with Gasteiger partial charge in [0.1, 0.15) is 5.56 Å². The Morgan fingerprint density at radius 2 is 2.00 bits per heavy atom. The standard InChI is InChI=1S/C25H21F2N5O4/c1-3-21(33)29-20-9-16(6-4-14(20)2)31-10-18(22(30-31)32(35)36)15-5-7-17-19(8-15)24(13-28-23(17)34)11-25(26,27)12-24/h3-10H,1,11-13H2,2H3,(H,28,34)(H,29,33). The van der Waals surface area contributed by atoms with Crippen LogP contribution in [0.4, 0.5) is 20.3 Å². The maximum Gasteiger partial charge on any atom is 0.398 e. The lowest BCUT2D eigenvalue weighted by Gasteiger charge is -2.50. The van der Waals surface area contributed by atoms with E-state index in [1.54, 1.807) is 37.3 Å². The van der Waals surface area contributed by atoms with E-state index >= 15 is 0 Å². The molecule has 1 aliphatic carbocycles. The van der Waals surface area contributed by atoms with E-state index in [0.717, 1.165) is 11.6 Å². The molecule has 36 heavy (non-hydrogen) atoms. The number of nitrogens with zero attached hydrogens (tertiary/aromatic N) is 3. The maximum atomic E-state index is 13.9. The first-order chi connectivity index (χ1) is 17.0. The Bertz CT molecular complexity index is 1450. The molecule has 0 atom stereocenters. The molecule has 2 amide bonds. The number of fused-ring (bicyclic) bond motifs is 2. The number of anilines is 1. The van der Waals surface area contributed by atoms with Crippen molar-refractivity contribution in [1.29, 1.82) is 0 Å². The van der Waals surface area contributed by atoms with Crippen LogP contribution < -0.4 is 10.6 Å². The molecule has 1 saturated carbocycles. The quantitative estimate of drug-likeness (QED) is 0.312. The SMILES string of the molecule is C=CC(=O)Nc1cc(-n2cc(-c3ccc4c(c3)C3(CNC4=O)CC(F)(F)C3)c([N+](=O)[O-])n2)ccc1C. The molecule has 2 heterocycles. The van der Waals surface area contributed by atoms with Crippen molar-refractivity contribution in [3.8, 4) is 16.8 Å². The molecule has 0 radical (unpaired) electrons. The summed E-state index contributed by atoms with van der Waals surface area (Å²) in [7, 11) is 0. The predicted octanol–water partition coefficient (Wildman–Crippen LogP) is 4.29. The van der Waals surface area contributed by atoms with Gasteiger partial charge in [-0.15, -0.1) is 4.68 Å². The predicted molar refractivity (Wildman–Crippen MR) is 127 cm³/mol. The summed E-state index contributed by atoms with van der Waals surface area (Å²) < 4.78 is 29.0. The van der Waals surface area contributed by atoms with Crippen LogP contribution in [-0.2, 0) is 10.2 Å². The smallest absolute Gasteiger partial charge is 0.358 e. The van der Waals surface area contributed by atoms with Crippen molar-refractivity contribution in [2.75, 3.05) is 11.9 Å². The molecular formula is C25H21F2N5O4. The van der Waals surface area contributed by atoms with Crippen LogP contribution in [0.25, 0.3) is 16.8 Å². The van der Waals surface area contributed by atoms with Crippen LogP contribution in [-0.4, -0.2) is 39.0 Å². The molecule has 0 unspecified atom stereocenters. The maximum absolute atomic E-state index is 13.9. The number of alkyl halides is 2. The van der Waals surface area contributed by atoms with Crippen molar-refractivity contribution >= 4 is 23.3 Å². The molecule has 1 aliphatic heterocycles. The summed E-state index contributed by atoms with van der Waals surface area (Å²) in [5, 5.41) is 21.4. The van der Waals surface area contributed by atoms with Crippen molar-refractivity contribution in [3.05, 3.63) is 82.1 Å². The van der Waals surface area contributed by atoms with E-state index in [9.17, 15) is 28.5 Å². The zero-order valence-electron chi connectivity index (χ0n) is 19.2. The van der Waals surface area contributed by atoms with Gasteiger partial charge in [-0.3, -0.25) is 9.59 Å². The van der Waals surface area contributed by atoms with Gasteiger partial charge in [-0.1, -0.05) is 18.7 Å². The van der Waals surface area contributed by atoms with Gasteiger partial charge in [-0.25, -0.2) is 8.78 Å². The summed E-state index contributed by atoms with van der Waals surface area (Å²) in [6.07, 6.45) is 1.79. The summed E-state index contributed by atoms with van der Waals surface area (Å²) in [5.74, 6) is -4.02. The molecule has 1 spiro atoms. The minimum atomic E-state index is -2.82.